The lowest BCUT2D eigenvalue weighted by Crippen LogP contribution is -2.39. The van der Waals surface area contributed by atoms with Crippen molar-refractivity contribution in [1.82, 2.24) is 14.9 Å². The van der Waals surface area contributed by atoms with Gasteiger partial charge < -0.3 is 10.2 Å². The monoisotopic (exact) mass is 333 g/mol. The Labute approximate surface area is 132 Å². The van der Waals surface area contributed by atoms with Gasteiger partial charge in [0.15, 0.2) is 0 Å². The Morgan fingerprint density at radius 1 is 1.33 bits per heavy atom. The maximum atomic E-state index is 12.4. The highest BCUT2D eigenvalue weighted by Gasteiger charge is 2.21. The maximum absolute atomic E-state index is 12.4. The molecular formula is C14H24ClN3O2S. The van der Waals surface area contributed by atoms with E-state index < -0.39 is 10.0 Å². The van der Waals surface area contributed by atoms with Crippen LogP contribution in [0.4, 0.5) is 0 Å². The Hall–Kier alpha value is -0.660. The first kappa shape index (κ1) is 18.4. The summed E-state index contributed by atoms with van der Waals surface area (Å²) in [5, 5.41) is 3.40. The smallest absolute Gasteiger partial charge is 0.242 e. The van der Waals surface area contributed by atoms with Gasteiger partial charge in [-0.2, -0.15) is 0 Å². The molecule has 1 unspecified atom stereocenters. The van der Waals surface area contributed by atoms with Crippen molar-refractivity contribution in [1.29, 1.82) is 0 Å². The molecule has 1 aromatic carbocycles. The Bertz CT molecular complexity index is 561. The normalized spacial score (nSPS) is 13.6. The second-order valence-electron chi connectivity index (χ2n) is 5.33. The number of sulfonamides is 1. The van der Waals surface area contributed by atoms with Crippen LogP contribution >= 0.6 is 11.6 Å². The Morgan fingerprint density at radius 2 is 2.00 bits per heavy atom. The summed E-state index contributed by atoms with van der Waals surface area (Å²) in [5.74, 6) is 0. The summed E-state index contributed by atoms with van der Waals surface area (Å²) in [6, 6.07) is 4.88. The molecule has 0 aliphatic heterocycles. The molecule has 0 aliphatic rings. The van der Waals surface area contributed by atoms with Gasteiger partial charge in [-0.15, -0.1) is 0 Å². The number of likely N-dealkylation sites (N-methyl/N-ethyl adjacent to an activating group) is 1. The van der Waals surface area contributed by atoms with Crippen LogP contribution in [0, 0.1) is 0 Å². The summed E-state index contributed by atoms with van der Waals surface area (Å²) in [6.07, 6.45) is 0. The van der Waals surface area contributed by atoms with Crippen molar-refractivity contribution in [2.45, 2.75) is 31.3 Å². The Morgan fingerprint density at radius 3 is 2.57 bits per heavy atom. The molecule has 1 atom stereocenters. The van der Waals surface area contributed by atoms with Crippen molar-refractivity contribution >= 4 is 21.6 Å². The highest BCUT2D eigenvalue weighted by atomic mass is 35.5. The lowest BCUT2D eigenvalue weighted by Gasteiger charge is -2.19. The second kappa shape index (κ2) is 8.10. The van der Waals surface area contributed by atoms with Crippen LogP contribution in [0.15, 0.2) is 23.1 Å². The van der Waals surface area contributed by atoms with E-state index in [9.17, 15) is 8.42 Å². The SMILES string of the molecule is CCNCc1ccc(Cl)c(S(=O)(=O)NC(C)CN(C)C)c1. The molecule has 0 saturated carbocycles. The molecule has 5 nitrogen and oxygen atoms in total. The lowest BCUT2D eigenvalue weighted by molar-refractivity contribution is 0.370. The van der Waals surface area contributed by atoms with Crippen LogP contribution < -0.4 is 10.0 Å². The van der Waals surface area contributed by atoms with E-state index in [1.807, 2.05) is 38.9 Å². The number of halogens is 1. The highest BCUT2D eigenvalue weighted by molar-refractivity contribution is 7.89. The number of hydrogen-bond acceptors (Lipinski definition) is 4. The van der Waals surface area contributed by atoms with Crippen LogP contribution in [0.25, 0.3) is 0 Å². The summed E-state index contributed by atoms with van der Waals surface area (Å²) in [5.41, 5.74) is 0.891. The van der Waals surface area contributed by atoms with E-state index in [-0.39, 0.29) is 16.0 Å². The zero-order valence-electron chi connectivity index (χ0n) is 13.0. The van der Waals surface area contributed by atoms with Gasteiger partial charge in [0.1, 0.15) is 4.90 Å². The van der Waals surface area contributed by atoms with E-state index in [2.05, 4.69) is 10.0 Å². The molecule has 0 amide bonds. The highest BCUT2D eigenvalue weighted by Crippen LogP contribution is 2.23. The van der Waals surface area contributed by atoms with E-state index in [0.29, 0.717) is 13.1 Å². The number of nitrogens with zero attached hydrogens (tertiary/aromatic N) is 1. The van der Waals surface area contributed by atoms with Gasteiger partial charge >= 0.3 is 0 Å². The van der Waals surface area contributed by atoms with E-state index in [1.165, 1.54) is 0 Å². The number of hydrogen-bond donors (Lipinski definition) is 2. The van der Waals surface area contributed by atoms with E-state index >= 15 is 0 Å². The molecule has 0 heterocycles. The third kappa shape index (κ3) is 5.92. The lowest BCUT2D eigenvalue weighted by atomic mass is 10.2. The molecule has 0 aliphatic carbocycles. The molecule has 0 fully saturated rings. The second-order valence-corrected chi connectivity index (χ2v) is 7.42. The number of benzene rings is 1. The fourth-order valence-electron chi connectivity index (χ4n) is 2.05. The van der Waals surface area contributed by atoms with Crippen molar-refractivity contribution in [2.24, 2.45) is 0 Å². The Kier molecular flexibility index (Phi) is 7.09. The summed E-state index contributed by atoms with van der Waals surface area (Å²) < 4.78 is 27.5. The zero-order chi connectivity index (χ0) is 16.0. The minimum atomic E-state index is -3.62. The standard InChI is InChI=1S/C14H24ClN3O2S/c1-5-16-9-12-6-7-13(15)14(8-12)21(19,20)17-11(2)10-18(3)4/h6-8,11,16-17H,5,9-10H2,1-4H3. The van der Waals surface area contributed by atoms with Gasteiger partial charge in [-0.1, -0.05) is 24.6 Å². The van der Waals surface area contributed by atoms with Gasteiger partial charge in [0.05, 0.1) is 5.02 Å². The number of nitrogens with one attached hydrogen (secondary N) is 2. The summed E-state index contributed by atoms with van der Waals surface area (Å²) in [7, 11) is 0.176. The minimum Gasteiger partial charge on any atom is -0.313 e. The Balaban J connectivity index is 2.96. The molecule has 0 aromatic heterocycles. The predicted molar refractivity (Wildman–Crippen MR) is 87.2 cm³/mol. The molecule has 7 heteroatoms. The van der Waals surface area contributed by atoms with Gasteiger partial charge in [0.25, 0.3) is 0 Å². The first-order chi connectivity index (χ1) is 9.76. The first-order valence-electron chi connectivity index (χ1n) is 6.92. The van der Waals surface area contributed by atoms with Gasteiger partial charge in [-0.05, 0) is 45.3 Å². The molecule has 0 saturated heterocycles. The van der Waals surface area contributed by atoms with E-state index in [0.717, 1.165) is 12.1 Å². The number of rotatable bonds is 8. The topological polar surface area (TPSA) is 61.4 Å². The predicted octanol–water partition coefficient (Wildman–Crippen LogP) is 1.68. The van der Waals surface area contributed by atoms with Crippen LogP contribution in [0.5, 0.6) is 0 Å². The average molecular weight is 334 g/mol. The van der Waals surface area contributed by atoms with Gasteiger partial charge in [-0.25, -0.2) is 13.1 Å². The van der Waals surface area contributed by atoms with Gasteiger partial charge in [-0.3, -0.25) is 0 Å². The quantitative estimate of drug-likeness (QED) is 0.760. The van der Waals surface area contributed by atoms with Crippen LogP contribution in [0.2, 0.25) is 5.02 Å². The van der Waals surface area contributed by atoms with Crippen molar-refractivity contribution < 1.29 is 8.42 Å². The van der Waals surface area contributed by atoms with E-state index in [1.54, 1.807) is 12.1 Å². The van der Waals surface area contributed by atoms with Gasteiger partial charge in [0.2, 0.25) is 10.0 Å². The molecule has 1 rings (SSSR count). The van der Waals surface area contributed by atoms with E-state index in [4.69, 9.17) is 11.6 Å². The first-order valence-corrected chi connectivity index (χ1v) is 8.78. The maximum Gasteiger partial charge on any atom is 0.242 e. The molecular weight excluding hydrogens is 310 g/mol. The third-order valence-corrected chi connectivity index (χ3v) is 4.93. The van der Waals surface area contributed by atoms with Crippen molar-refractivity contribution in [3.8, 4) is 0 Å². The fraction of sp³-hybridized carbons (Fsp3) is 0.571. The molecule has 21 heavy (non-hydrogen) atoms. The summed E-state index contributed by atoms with van der Waals surface area (Å²) in [6.45, 7) is 5.88. The zero-order valence-corrected chi connectivity index (χ0v) is 14.6. The van der Waals surface area contributed by atoms with Crippen LogP contribution in [0.1, 0.15) is 19.4 Å². The van der Waals surface area contributed by atoms with Crippen molar-refractivity contribution in [3.05, 3.63) is 28.8 Å². The summed E-state index contributed by atoms with van der Waals surface area (Å²) in [4.78, 5) is 2.06. The minimum absolute atomic E-state index is 0.130. The third-order valence-electron chi connectivity index (χ3n) is 2.86. The molecule has 0 radical (unpaired) electrons. The van der Waals surface area contributed by atoms with Crippen LogP contribution in [0.3, 0.4) is 0 Å². The van der Waals surface area contributed by atoms with Crippen molar-refractivity contribution in [2.75, 3.05) is 27.2 Å². The molecule has 0 bridgehead atoms. The fourth-order valence-corrected chi connectivity index (χ4v) is 3.83. The van der Waals surface area contributed by atoms with Crippen LogP contribution in [-0.4, -0.2) is 46.5 Å². The summed E-state index contributed by atoms with van der Waals surface area (Å²) >= 11 is 6.05. The molecule has 120 valence electrons. The molecule has 2 N–H and O–H groups in total. The van der Waals surface area contributed by atoms with Crippen LogP contribution in [-0.2, 0) is 16.6 Å². The van der Waals surface area contributed by atoms with Crippen molar-refractivity contribution in [3.63, 3.8) is 0 Å². The van der Waals surface area contributed by atoms with Gasteiger partial charge in [0, 0.05) is 19.1 Å². The molecule has 1 aromatic rings. The average Bonchev–Trinajstić information content (AvgIpc) is 2.35. The molecule has 0 spiro atoms. The largest absolute Gasteiger partial charge is 0.313 e.